The number of rotatable bonds is 5. The van der Waals surface area contributed by atoms with Crippen LogP contribution >= 0.6 is 0 Å². The second-order valence-corrected chi connectivity index (χ2v) is 7.31. The average molecular weight is 389 g/mol. The van der Waals surface area contributed by atoms with E-state index in [9.17, 15) is 9.59 Å². The Labute approximate surface area is 169 Å². The van der Waals surface area contributed by atoms with Crippen molar-refractivity contribution in [2.45, 2.75) is 45.7 Å². The van der Waals surface area contributed by atoms with Gasteiger partial charge in [-0.2, -0.15) is 5.10 Å². The zero-order valence-electron chi connectivity index (χ0n) is 16.6. The van der Waals surface area contributed by atoms with Gasteiger partial charge in [0.1, 0.15) is 0 Å². The van der Waals surface area contributed by atoms with Crippen LogP contribution < -0.4 is 10.5 Å². The Balaban J connectivity index is 1.58. The van der Waals surface area contributed by atoms with Gasteiger partial charge in [0.2, 0.25) is 11.9 Å². The van der Waals surface area contributed by atoms with Gasteiger partial charge in [0, 0.05) is 36.5 Å². The summed E-state index contributed by atoms with van der Waals surface area (Å²) in [5, 5.41) is 4.48. The van der Waals surface area contributed by atoms with Crippen molar-refractivity contribution in [3.05, 3.63) is 70.3 Å². The lowest BCUT2D eigenvalue weighted by molar-refractivity contribution is -0.117. The van der Waals surface area contributed by atoms with Crippen molar-refractivity contribution in [1.29, 1.82) is 0 Å². The Hall–Kier alpha value is -3.35. The summed E-state index contributed by atoms with van der Waals surface area (Å²) in [4.78, 5) is 34.6. The fourth-order valence-corrected chi connectivity index (χ4v) is 3.48. The lowest BCUT2D eigenvalue weighted by Gasteiger charge is -2.19. The van der Waals surface area contributed by atoms with Crippen molar-refractivity contribution in [3.63, 3.8) is 0 Å². The highest BCUT2D eigenvalue weighted by atomic mass is 16.2. The van der Waals surface area contributed by atoms with Gasteiger partial charge in [-0.25, -0.2) is 14.6 Å². The van der Waals surface area contributed by atoms with Crippen molar-refractivity contribution in [3.8, 4) is 11.3 Å². The van der Waals surface area contributed by atoms with Gasteiger partial charge in [0.25, 0.3) is 5.56 Å². The van der Waals surface area contributed by atoms with E-state index in [4.69, 9.17) is 0 Å². The number of anilines is 1. The molecule has 1 aromatic carbocycles. The van der Waals surface area contributed by atoms with Gasteiger partial charge in [-0.05, 0) is 37.0 Å². The zero-order chi connectivity index (χ0) is 20.4. The molecule has 1 unspecified atom stereocenters. The normalized spacial score (nSPS) is 16.4. The number of aryl methyl sites for hydroxylation is 1. The molecule has 1 saturated heterocycles. The fraction of sp³-hybridized carbons (Fsp3) is 0.318. The van der Waals surface area contributed by atoms with Gasteiger partial charge >= 0.3 is 0 Å². The highest BCUT2D eigenvalue weighted by Gasteiger charge is 2.30. The van der Waals surface area contributed by atoms with E-state index < -0.39 is 0 Å². The van der Waals surface area contributed by atoms with Gasteiger partial charge in [-0.15, -0.1) is 0 Å². The first-order valence-electron chi connectivity index (χ1n) is 9.85. The predicted molar refractivity (Wildman–Crippen MR) is 111 cm³/mol. The van der Waals surface area contributed by atoms with Gasteiger partial charge in [0.15, 0.2) is 0 Å². The summed E-state index contributed by atoms with van der Waals surface area (Å²) < 4.78 is 1.44. The maximum Gasteiger partial charge on any atom is 0.267 e. The van der Waals surface area contributed by atoms with Crippen LogP contribution in [0, 0.1) is 0 Å². The Morgan fingerprint density at radius 3 is 2.31 bits per heavy atom. The molecule has 1 amide bonds. The first kappa shape index (κ1) is 19.0. The van der Waals surface area contributed by atoms with E-state index in [2.05, 4.69) is 34.1 Å². The lowest BCUT2D eigenvalue weighted by Crippen LogP contribution is -2.32. The molecule has 1 aliphatic rings. The minimum atomic E-state index is -0.164. The molecule has 1 atom stereocenters. The van der Waals surface area contributed by atoms with Crippen LogP contribution in [-0.4, -0.2) is 31.7 Å². The third-order valence-electron chi connectivity index (χ3n) is 5.27. The van der Waals surface area contributed by atoms with Crippen LogP contribution in [-0.2, 0) is 17.8 Å². The number of carbonyl (C=O) groups is 1. The molecular weight excluding hydrogens is 366 g/mol. The molecule has 7 nitrogen and oxygen atoms in total. The van der Waals surface area contributed by atoms with Crippen molar-refractivity contribution in [1.82, 2.24) is 19.7 Å². The van der Waals surface area contributed by atoms with E-state index >= 15 is 0 Å². The Morgan fingerprint density at radius 2 is 1.69 bits per heavy atom. The first-order chi connectivity index (χ1) is 14.0. The number of benzene rings is 1. The number of hydrogen-bond donors (Lipinski definition) is 0. The summed E-state index contributed by atoms with van der Waals surface area (Å²) in [5.74, 6) is 0.458. The minimum absolute atomic E-state index is 0.0472. The highest BCUT2D eigenvalue weighted by Crippen LogP contribution is 2.24. The quantitative estimate of drug-likeness (QED) is 0.670. The number of aromatic nitrogens is 4. The minimum Gasteiger partial charge on any atom is -0.278 e. The maximum absolute atomic E-state index is 12.3. The fourth-order valence-electron chi connectivity index (χ4n) is 3.48. The molecule has 7 heteroatoms. The largest absolute Gasteiger partial charge is 0.278 e. The molecular formula is C22H23N5O2. The van der Waals surface area contributed by atoms with Crippen LogP contribution in [0.25, 0.3) is 11.3 Å². The molecule has 0 saturated carbocycles. The molecule has 0 aliphatic carbocycles. The Morgan fingerprint density at radius 1 is 1.00 bits per heavy atom. The molecule has 148 valence electrons. The van der Waals surface area contributed by atoms with Crippen molar-refractivity contribution in [2.75, 3.05) is 4.90 Å². The number of carbonyl (C=O) groups excluding carboxylic acids is 1. The zero-order valence-corrected chi connectivity index (χ0v) is 16.6. The number of nitrogens with zero attached hydrogens (tertiary/aromatic N) is 5. The number of amides is 1. The summed E-state index contributed by atoms with van der Waals surface area (Å²) in [5.41, 5.74) is 3.42. The van der Waals surface area contributed by atoms with E-state index in [1.807, 2.05) is 19.1 Å². The summed E-state index contributed by atoms with van der Waals surface area (Å²) in [6.07, 6.45) is 5.61. The third kappa shape index (κ3) is 3.94. The molecule has 1 fully saturated rings. The monoisotopic (exact) mass is 389 g/mol. The van der Waals surface area contributed by atoms with Gasteiger partial charge in [0.05, 0.1) is 12.2 Å². The van der Waals surface area contributed by atoms with E-state index in [0.717, 1.165) is 18.4 Å². The molecule has 0 N–H and O–H groups in total. The SMILES string of the molecule is CCc1ccc(Cn2nc(-c3cnc(N4C(=O)CCC4C)nc3)ccc2=O)cc1. The van der Waals surface area contributed by atoms with Gasteiger partial charge in [-0.3, -0.25) is 14.5 Å². The van der Waals surface area contributed by atoms with E-state index in [-0.39, 0.29) is 17.5 Å². The van der Waals surface area contributed by atoms with E-state index in [1.165, 1.54) is 16.3 Å². The van der Waals surface area contributed by atoms with Crippen LogP contribution in [0.3, 0.4) is 0 Å². The van der Waals surface area contributed by atoms with Gasteiger partial charge in [-0.1, -0.05) is 31.2 Å². The van der Waals surface area contributed by atoms with Crippen LogP contribution in [0.1, 0.15) is 37.8 Å². The van der Waals surface area contributed by atoms with Gasteiger partial charge < -0.3 is 0 Å². The number of hydrogen-bond acceptors (Lipinski definition) is 5. The lowest BCUT2D eigenvalue weighted by atomic mass is 10.1. The molecule has 0 bridgehead atoms. The van der Waals surface area contributed by atoms with Crippen molar-refractivity contribution >= 4 is 11.9 Å². The standard InChI is InChI=1S/C22H23N5O2/c1-3-16-5-7-17(8-6-16)14-26-20(28)11-9-19(25-26)18-12-23-22(24-13-18)27-15(2)4-10-21(27)29/h5-9,11-13,15H,3-4,10,14H2,1-2H3. The topological polar surface area (TPSA) is 81.0 Å². The smallest absolute Gasteiger partial charge is 0.267 e. The van der Waals surface area contributed by atoms with Crippen LogP contribution in [0.15, 0.2) is 53.6 Å². The predicted octanol–water partition coefficient (Wildman–Crippen LogP) is 2.83. The summed E-state index contributed by atoms with van der Waals surface area (Å²) in [6, 6.07) is 11.4. The van der Waals surface area contributed by atoms with Crippen LogP contribution in [0.5, 0.6) is 0 Å². The van der Waals surface area contributed by atoms with Crippen molar-refractivity contribution < 1.29 is 4.79 Å². The van der Waals surface area contributed by atoms with Crippen molar-refractivity contribution in [2.24, 2.45) is 0 Å². The van der Waals surface area contributed by atoms with Crippen LogP contribution in [0.4, 0.5) is 5.95 Å². The molecule has 1 aliphatic heterocycles. The maximum atomic E-state index is 12.3. The molecule has 29 heavy (non-hydrogen) atoms. The summed E-state index contributed by atoms with van der Waals surface area (Å²) in [7, 11) is 0. The molecule has 4 rings (SSSR count). The van der Waals surface area contributed by atoms with Crippen LogP contribution in [0.2, 0.25) is 0 Å². The highest BCUT2D eigenvalue weighted by molar-refractivity contribution is 5.94. The Bertz CT molecular complexity index is 1070. The molecule has 0 spiro atoms. The summed E-state index contributed by atoms with van der Waals surface area (Å²) in [6.45, 7) is 4.50. The molecule has 3 aromatic rings. The molecule has 0 radical (unpaired) electrons. The summed E-state index contributed by atoms with van der Waals surface area (Å²) >= 11 is 0. The van der Waals surface area contributed by atoms with E-state index in [0.29, 0.717) is 30.2 Å². The second kappa shape index (κ2) is 7.95. The second-order valence-electron chi connectivity index (χ2n) is 7.31. The third-order valence-corrected chi connectivity index (χ3v) is 5.27. The first-order valence-corrected chi connectivity index (χ1v) is 9.85. The molecule has 2 aromatic heterocycles. The average Bonchev–Trinajstić information content (AvgIpc) is 3.08. The molecule has 3 heterocycles. The van der Waals surface area contributed by atoms with E-state index in [1.54, 1.807) is 23.4 Å². The Kier molecular flexibility index (Phi) is 5.20.